The van der Waals surface area contributed by atoms with E-state index in [1.165, 1.54) is 21.2 Å². The zero-order valence-electron chi connectivity index (χ0n) is 20.1. The molecule has 1 aliphatic carbocycles. The number of rotatable bonds is 9. The van der Waals surface area contributed by atoms with Gasteiger partial charge in [-0.3, -0.25) is 23.7 Å². The van der Waals surface area contributed by atoms with Crippen molar-refractivity contribution in [3.8, 4) is 5.69 Å². The van der Waals surface area contributed by atoms with Gasteiger partial charge in [0.1, 0.15) is 11.6 Å². The molecule has 2 aromatic heterocycles. The van der Waals surface area contributed by atoms with E-state index in [1.807, 2.05) is 48.7 Å². The molecule has 35 heavy (non-hydrogen) atoms. The molecule has 0 saturated heterocycles. The van der Waals surface area contributed by atoms with Gasteiger partial charge >= 0.3 is 5.69 Å². The SMILES string of the molecule is CCCCn1c(N)c(N(C(=O)CSc2nnc(C)n2-c2ccccc2)C2CCCC2)c(=O)[nH]c1=O. The van der Waals surface area contributed by atoms with Crippen LogP contribution in [0.4, 0.5) is 11.5 Å². The van der Waals surface area contributed by atoms with Crippen LogP contribution in [0.3, 0.4) is 0 Å². The molecule has 0 bridgehead atoms. The molecule has 1 amide bonds. The van der Waals surface area contributed by atoms with Crippen molar-refractivity contribution in [3.05, 3.63) is 57.0 Å². The Morgan fingerprint density at radius 1 is 1.20 bits per heavy atom. The molecule has 10 nitrogen and oxygen atoms in total. The molecular formula is C24H31N7O3S. The van der Waals surface area contributed by atoms with Crippen LogP contribution in [0.2, 0.25) is 0 Å². The van der Waals surface area contributed by atoms with Gasteiger partial charge < -0.3 is 10.6 Å². The number of nitrogen functional groups attached to an aromatic ring is 1. The number of benzene rings is 1. The predicted molar refractivity (Wildman–Crippen MR) is 137 cm³/mol. The van der Waals surface area contributed by atoms with Crippen molar-refractivity contribution in [2.75, 3.05) is 16.4 Å². The molecule has 186 valence electrons. The summed E-state index contributed by atoms with van der Waals surface area (Å²) in [6.45, 7) is 4.25. The van der Waals surface area contributed by atoms with Gasteiger partial charge in [0.2, 0.25) is 5.91 Å². The number of aryl methyl sites for hydroxylation is 1. The summed E-state index contributed by atoms with van der Waals surface area (Å²) < 4.78 is 3.25. The number of nitrogens with zero attached hydrogens (tertiary/aromatic N) is 5. The van der Waals surface area contributed by atoms with E-state index in [0.717, 1.165) is 44.2 Å². The molecule has 4 rings (SSSR count). The van der Waals surface area contributed by atoms with Gasteiger partial charge in [0.05, 0.1) is 5.75 Å². The summed E-state index contributed by atoms with van der Waals surface area (Å²) in [5, 5.41) is 9.03. The normalized spacial score (nSPS) is 13.9. The summed E-state index contributed by atoms with van der Waals surface area (Å²) in [6.07, 6.45) is 5.10. The van der Waals surface area contributed by atoms with Gasteiger partial charge in [0, 0.05) is 18.3 Å². The van der Waals surface area contributed by atoms with Gasteiger partial charge in [-0.1, -0.05) is 56.1 Å². The fourth-order valence-electron chi connectivity index (χ4n) is 4.53. The van der Waals surface area contributed by atoms with E-state index >= 15 is 0 Å². The van der Waals surface area contributed by atoms with Crippen molar-refractivity contribution in [2.45, 2.75) is 70.1 Å². The Morgan fingerprint density at radius 2 is 1.91 bits per heavy atom. The standard InChI is InChI=1S/C24H31N7O3S/c1-3-4-14-29-21(25)20(22(33)26-23(29)34)31(18-12-8-9-13-18)19(32)15-35-24-28-27-16(2)30(24)17-10-6-5-7-11-17/h5-7,10-11,18H,3-4,8-9,12-15,25H2,1-2H3,(H,26,33,34). The lowest BCUT2D eigenvalue weighted by Gasteiger charge is -2.29. The summed E-state index contributed by atoms with van der Waals surface area (Å²) in [5.74, 6) is 0.553. The number of aromatic nitrogens is 5. The fourth-order valence-corrected chi connectivity index (χ4v) is 5.39. The van der Waals surface area contributed by atoms with Crippen molar-refractivity contribution < 1.29 is 4.79 Å². The third kappa shape index (κ3) is 5.19. The largest absolute Gasteiger partial charge is 0.383 e. The maximum atomic E-state index is 13.6. The zero-order valence-corrected chi connectivity index (χ0v) is 20.9. The summed E-state index contributed by atoms with van der Waals surface area (Å²) in [5.41, 5.74) is 6.15. The number of carbonyl (C=O) groups is 1. The first-order valence-electron chi connectivity index (χ1n) is 12.0. The number of amides is 1. The van der Waals surface area contributed by atoms with Crippen molar-refractivity contribution in [1.29, 1.82) is 0 Å². The van der Waals surface area contributed by atoms with Gasteiger partial charge in [0.15, 0.2) is 10.8 Å². The number of H-pyrrole nitrogens is 1. The van der Waals surface area contributed by atoms with Crippen molar-refractivity contribution in [2.24, 2.45) is 0 Å². The Kier molecular flexibility index (Phi) is 7.74. The third-order valence-corrected chi connectivity index (χ3v) is 7.20. The maximum absolute atomic E-state index is 13.6. The lowest BCUT2D eigenvalue weighted by molar-refractivity contribution is -0.116. The second-order valence-electron chi connectivity index (χ2n) is 8.69. The summed E-state index contributed by atoms with van der Waals surface area (Å²) in [6, 6.07) is 9.55. The van der Waals surface area contributed by atoms with Crippen LogP contribution in [-0.2, 0) is 11.3 Å². The first kappa shape index (κ1) is 24.8. The highest BCUT2D eigenvalue weighted by atomic mass is 32.2. The number of unbranched alkanes of at least 4 members (excludes halogenated alkanes) is 1. The van der Waals surface area contributed by atoms with Crippen molar-refractivity contribution in [1.82, 2.24) is 24.3 Å². The van der Waals surface area contributed by atoms with E-state index < -0.39 is 11.2 Å². The Morgan fingerprint density at radius 3 is 2.60 bits per heavy atom. The fraction of sp³-hybridized carbons (Fsp3) is 0.458. The lowest BCUT2D eigenvalue weighted by Crippen LogP contribution is -2.46. The van der Waals surface area contributed by atoms with E-state index in [9.17, 15) is 14.4 Å². The van der Waals surface area contributed by atoms with E-state index in [1.54, 1.807) is 0 Å². The van der Waals surface area contributed by atoms with E-state index in [-0.39, 0.29) is 29.2 Å². The molecule has 1 aromatic carbocycles. The molecule has 0 unspecified atom stereocenters. The minimum absolute atomic E-state index is 0.0424. The second kappa shape index (κ2) is 10.9. The predicted octanol–water partition coefficient (Wildman–Crippen LogP) is 2.88. The number of nitrogens with two attached hydrogens (primary N) is 1. The molecule has 0 atom stereocenters. The number of carbonyl (C=O) groups excluding carboxylic acids is 1. The molecular weight excluding hydrogens is 466 g/mol. The minimum atomic E-state index is -0.631. The molecule has 0 aliphatic heterocycles. The highest BCUT2D eigenvalue weighted by Crippen LogP contribution is 2.31. The summed E-state index contributed by atoms with van der Waals surface area (Å²) >= 11 is 1.26. The monoisotopic (exact) mass is 497 g/mol. The maximum Gasteiger partial charge on any atom is 0.330 e. The van der Waals surface area contributed by atoms with Crippen LogP contribution in [0.15, 0.2) is 45.1 Å². The molecule has 1 saturated carbocycles. The highest BCUT2D eigenvalue weighted by Gasteiger charge is 2.32. The molecule has 0 spiro atoms. The van der Waals surface area contributed by atoms with Crippen LogP contribution in [0.25, 0.3) is 5.69 Å². The van der Waals surface area contributed by atoms with Crippen LogP contribution in [-0.4, -0.2) is 42.0 Å². The average molecular weight is 498 g/mol. The number of nitrogens with one attached hydrogen (secondary N) is 1. The van der Waals surface area contributed by atoms with Crippen LogP contribution >= 0.6 is 11.8 Å². The molecule has 3 aromatic rings. The Balaban J connectivity index is 1.66. The highest BCUT2D eigenvalue weighted by molar-refractivity contribution is 7.99. The number of para-hydroxylation sites is 1. The van der Waals surface area contributed by atoms with Gasteiger partial charge in [-0.2, -0.15) is 0 Å². The Hall–Kier alpha value is -3.34. The van der Waals surface area contributed by atoms with E-state index in [2.05, 4.69) is 15.2 Å². The van der Waals surface area contributed by atoms with Crippen LogP contribution in [0, 0.1) is 6.92 Å². The van der Waals surface area contributed by atoms with Gasteiger partial charge in [-0.05, 0) is 38.3 Å². The number of hydrogen-bond donors (Lipinski definition) is 2. The number of aromatic amines is 1. The molecule has 1 fully saturated rings. The first-order valence-corrected chi connectivity index (χ1v) is 13.0. The lowest BCUT2D eigenvalue weighted by atomic mass is 10.2. The average Bonchev–Trinajstić information content (AvgIpc) is 3.50. The van der Waals surface area contributed by atoms with Crippen LogP contribution < -0.4 is 21.9 Å². The van der Waals surface area contributed by atoms with E-state index in [4.69, 9.17) is 5.73 Å². The van der Waals surface area contributed by atoms with Crippen LogP contribution in [0.1, 0.15) is 51.3 Å². The summed E-state index contributed by atoms with van der Waals surface area (Å²) in [4.78, 5) is 42.9. The first-order chi connectivity index (χ1) is 16.9. The molecule has 0 radical (unpaired) electrons. The third-order valence-electron chi connectivity index (χ3n) is 6.28. The van der Waals surface area contributed by atoms with Crippen molar-refractivity contribution >= 4 is 29.2 Å². The minimum Gasteiger partial charge on any atom is -0.383 e. The molecule has 2 heterocycles. The Bertz CT molecular complexity index is 1290. The summed E-state index contributed by atoms with van der Waals surface area (Å²) in [7, 11) is 0. The quantitative estimate of drug-likeness (QED) is 0.435. The molecule has 3 N–H and O–H groups in total. The smallest absolute Gasteiger partial charge is 0.330 e. The Labute approximate surface area is 207 Å². The van der Waals surface area contributed by atoms with Gasteiger partial charge in [-0.15, -0.1) is 10.2 Å². The number of anilines is 2. The van der Waals surface area contributed by atoms with Gasteiger partial charge in [-0.25, -0.2) is 4.79 Å². The molecule has 11 heteroatoms. The van der Waals surface area contributed by atoms with Crippen LogP contribution in [0.5, 0.6) is 0 Å². The zero-order chi connectivity index (χ0) is 24.9. The van der Waals surface area contributed by atoms with Gasteiger partial charge in [0.25, 0.3) is 5.56 Å². The second-order valence-corrected chi connectivity index (χ2v) is 9.63. The van der Waals surface area contributed by atoms with Crippen molar-refractivity contribution in [3.63, 3.8) is 0 Å². The molecule has 1 aliphatic rings. The van der Waals surface area contributed by atoms with E-state index in [0.29, 0.717) is 17.5 Å². The number of thioether (sulfide) groups is 1. The number of hydrogen-bond acceptors (Lipinski definition) is 7. The topological polar surface area (TPSA) is 132 Å².